The third-order valence-corrected chi connectivity index (χ3v) is 3.21. The molecule has 0 saturated heterocycles. The van der Waals surface area contributed by atoms with Gasteiger partial charge in [-0.05, 0) is 35.0 Å². The number of nitrogens with zero attached hydrogens (tertiary/aromatic N) is 2. The van der Waals surface area contributed by atoms with Gasteiger partial charge in [-0.2, -0.15) is 0 Å². The molecule has 2 rings (SSSR count). The molecule has 0 unspecified atom stereocenters. The Bertz CT molecular complexity index is 614. The van der Waals surface area contributed by atoms with Crippen LogP contribution in [0.25, 0.3) is 0 Å². The van der Waals surface area contributed by atoms with Crippen molar-refractivity contribution in [3.05, 3.63) is 51.2 Å². The van der Waals surface area contributed by atoms with Gasteiger partial charge in [-0.25, -0.2) is 9.37 Å². The summed E-state index contributed by atoms with van der Waals surface area (Å²) < 4.78 is 14.1. The van der Waals surface area contributed by atoms with Crippen LogP contribution in [0.5, 0.6) is 0 Å². The first kappa shape index (κ1) is 12.8. The van der Waals surface area contributed by atoms with Gasteiger partial charge in [0.15, 0.2) is 5.82 Å². The van der Waals surface area contributed by atoms with Crippen molar-refractivity contribution in [2.45, 2.75) is 6.92 Å². The highest BCUT2D eigenvalue weighted by molar-refractivity contribution is 9.10. The molecule has 0 aliphatic carbocycles. The van der Waals surface area contributed by atoms with Crippen LogP contribution in [0.2, 0.25) is 0 Å². The van der Waals surface area contributed by atoms with Crippen molar-refractivity contribution < 1.29 is 4.39 Å². The van der Waals surface area contributed by atoms with Crippen LogP contribution >= 0.6 is 15.9 Å². The summed E-state index contributed by atoms with van der Waals surface area (Å²) in [6, 6.07) is 6.38. The summed E-state index contributed by atoms with van der Waals surface area (Å²) in [4.78, 5) is 19.7. The number of rotatable bonds is 3. The number of nitrogens with one attached hydrogen (secondary N) is 1. The molecule has 2 aromatic rings. The van der Waals surface area contributed by atoms with Crippen LogP contribution in [-0.4, -0.2) is 16.5 Å². The minimum absolute atomic E-state index is 0.287. The van der Waals surface area contributed by atoms with Gasteiger partial charge in [-0.15, -0.1) is 0 Å². The van der Waals surface area contributed by atoms with E-state index in [0.717, 1.165) is 0 Å². The lowest BCUT2D eigenvalue weighted by Gasteiger charge is -2.22. The minimum atomic E-state index is -0.353. The normalized spacial score (nSPS) is 10.4. The van der Waals surface area contributed by atoms with E-state index in [9.17, 15) is 9.18 Å². The zero-order valence-electron chi connectivity index (χ0n) is 9.65. The van der Waals surface area contributed by atoms with Gasteiger partial charge in [-0.3, -0.25) is 4.79 Å². The highest BCUT2D eigenvalue weighted by Crippen LogP contribution is 2.29. The summed E-state index contributed by atoms with van der Waals surface area (Å²) >= 11 is 3.17. The van der Waals surface area contributed by atoms with Crippen molar-refractivity contribution in [1.29, 1.82) is 0 Å². The van der Waals surface area contributed by atoms with E-state index in [0.29, 0.717) is 18.1 Å². The van der Waals surface area contributed by atoms with Crippen LogP contribution < -0.4 is 10.5 Å². The summed E-state index contributed by atoms with van der Waals surface area (Å²) in [6.07, 6.45) is 1.30. The Labute approximate surface area is 112 Å². The van der Waals surface area contributed by atoms with Gasteiger partial charge in [0, 0.05) is 6.54 Å². The molecule has 0 atom stereocenters. The van der Waals surface area contributed by atoms with Crippen LogP contribution in [-0.2, 0) is 0 Å². The fraction of sp³-hybridized carbons (Fsp3) is 0.167. The lowest BCUT2D eigenvalue weighted by atomic mass is 10.2. The van der Waals surface area contributed by atoms with Gasteiger partial charge in [0.1, 0.15) is 10.3 Å². The predicted octanol–water partition coefficient (Wildman–Crippen LogP) is 2.83. The van der Waals surface area contributed by atoms with Gasteiger partial charge >= 0.3 is 0 Å². The van der Waals surface area contributed by atoms with Crippen LogP contribution in [0, 0.1) is 5.82 Å². The topological polar surface area (TPSA) is 49.0 Å². The lowest BCUT2D eigenvalue weighted by Crippen LogP contribution is -2.22. The van der Waals surface area contributed by atoms with E-state index >= 15 is 0 Å². The number of para-hydroxylation sites is 1. The molecule has 1 heterocycles. The first-order valence-corrected chi connectivity index (χ1v) is 6.19. The molecule has 0 bridgehead atoms. The fourth-order valence-corrected chi connectivity index (χ4v) is 2.10. The highest BCUT2D eigenvalue weighted by atomic mass is 79.9. The van der Waals surface area contributed by atoms with Crippen LogP contribution in [0.4, 0.5) is 15.9 Å². The van der Waals surface area contributed by atoms with Gasteiger partial charge in [0.25, 0.3) is 5.56 Å². The average Bonchev–Trinajstić information content (AvgIpc) is 2.37. The van der Waals surface area contributed by atoms with Gasteiger partial charge < -0.3 is 9.88 Å². The van der Waals surface area contributed by atoms with E-state index in [-0.39, 0.29) is 15.8 Å². The summed E-state index contributed by atoms with van der Waals surface area (Å²) in [6.45, 7) is 2.36. The summed E-state index contributed by atoms with van der Waals surface area (Å²) in [7, 11) is 0. The Morgan fingerprint density at radius 2 is 2.17 bits per heavy atom. The molecule has 18 heavy (non-hydrogen) atoms. The van der Waals surface area contributed by atoms with E-state index in [1.165, 1.54) is 12.4 Å². The first-order chi connectivity index (χ1) is 8.65. The van der Waals surface area contributed by atoms with Gasteiger partial charge in [0.2, 0.25) is 0 Å². The van der Waals surface area contributed by atoms with Crippen molar-refractivity contribution in [3.8, 4) is 0 Å². The fourth-order valence-electron chi connectivity index (χ4n) is 1.67. The highest BCUT2D eigenvalue weighted by Gasteiger charge is 2.16. The Morgan fingerprint density at radius 3 is 2.83 bits per heavy atom. The second kappa shape index (κ2) is 5.30. The zero-order valence-corrected chi connectivity index (χ0v) is 11.2. The summed E-state index contributed by atoms with van der Waals surface area (Å²) in [5.41, 5.74) is 0.0913. The monoisotopic (exact) mass is 311 g/mol. The maximum Gasteiger partial charge on any atom is 0.267 e. The molecule has 4 nitrogen and oxygen atoms in total. The maximum absolute atomic E-state index is 13.8. The molecule has 0 aliphatic heterocycles. The predicted molar refractivity (Wildman–Crippen MR) is 71.6 cm³/mol. The molecule has 0 amide bonds. The van der Waals surface area contributed by atoms with Crippen LogP contribution in [0.15, 0.2) is 39.9 Å². The smallest absolute Gasteiger partial charge is 0.267 e. The van der Waals surface area contributed by atoms with Crippen molar-refractivity contribution in [1.82, 2.24) is 9.97 Å². The summed E-state index contributed by atoms with van der Waals surface area (Å²) in [5, 5.41) is 0. The van der Waals surface area contributed by atoms with E-state index in [1.54, 1.807) is 23.1 Å². The SMILES string of the molecule is CCN(c1ccccc1F)c1nc[nH]c(=O)c1Br. The molecular formula is C12H11BrFN3O. The number of H-pyrrole nitrogens is 1. The van der Waals surface area contributed by atoms with Crippen LogP contribution in [0.3, 0.4) is 0 Å². The first-order valence-electron chi connectivity index (χ1n) is 5.40. The maximum atomic E-state index is 13.8. The Balaban J connectivity index is 2.56. The van der Waals surface area contributed by atoms with E-state index in [1.807, 2.05) is 6.92 Å². The van der Waals surface area contributed by atoms with Crippen molar-refractivity contribution in [3.63, 3.8) is 0 Å². The Kier molecular flexibility index (Phi) is 3.76. The summed E-state index contributed by atoms with van der Waals surface area (Å²) in [5.74, 6) is 0.0414. The third-order valence-electron chi connectivity index (χ3n) is 2.49. The Morgan fingerprint density at radius 1 is 1.44 bits per heavy atom. The molecule has 94 valence electrons. The quantitative estimate of drug-likeness (QED) is 0.948. The second-order valence-corrected chi connectivity index (χ2v) is 4.36. The Hall–Kier alpha value is -1.69. The van der Waals surface area contributed by atoms with Crippen molar-refractivity contribution in [2.24, 2.45) is 0 Å². The zero-order chi connectivity index (χ0) is 13.1. The standard InChI is InChI=1S/C12H11BrFN3O/c1-2-17(9-6-4-3-5-8(9)14)11-10(13)12(18)16-7-15-11/h3-7H,2H2,1H3,(H,15,16,18). The van der Waals surface area contributed by atoms with E-state index in [2.05, 4.69) is 25.9 Å². The molecule has 0 fully saturated rings. The van der Waals surface area contributed by atoms with Crippen LogP contribution in [0.1, 0.15) is 6.92 Å². The van der Waals surface area contributed by atoms with Crippen molar-refractivity contribution in [2.75, 3.05) is 11.4 Å². The molecule has 6 heteroatoms. The number of benzene rings is 1. The van der Waals surface area contributed by atoms with Gasteiger partial charge in [-0.1, -0.05) is 12.1 Å². The van der Waals surface area contributed by atoms with Crippen molar-refractivity contribution >= 4 is 27.4 Å². The largest absolute Gasteiger partial charge is 0.323 e. The lowest BCUT2D eigenvalue weighted by molar-refractivity contribution is 0.625. The number of aromatic nitrogens is 2. The van der Waals surface area contributed by atoms with Gasteiger partial charge in [0.05, 0.1) is 12.0 Å². The molecule has 0 saturated carbocycles. The van der Waals surface area contributed by atoms with E-state index < -0.39 is 0 Å². The molecule has 1 aromatic heterocycles. The molecule has 0 aliphatic rings. The number of hydrogen-bond donors (Lipinski definition) is 1. The van der Waals surface area contributed by atoms with E-state index in [4.69, 9.17) is 0 Å². The molecule has 0 spiro atoms. The average molecular weight is 312 g/mol. The second-order valence-electron chi connectivity index (χ2n) is 3.56. The molecule has 1 N–H and O–H groups in total. The third kappa shape index (κ3) is 2.28. The number of hydrogen-bond acceptors (Lipinski definition) is 3. The number of aromatic amines is 1. The number of anilines is 2. The number of halogens is 2. The molecule has 0 radical (unpaired) electrons. The molecule has 1 aromatic carbocycles. The minimum Gasteiger partial charge on any atom is -0.323 e. The molecular weight excluding hydrogens is 301 g/mol.